The predicted octanol–water partition coefficient (Wildman–Crippen LogP) is 2.62. The predicted molar refractivity (Wildman–Crippen MR) is 80.0 cm³/mol. The molecule has 1 aromatic carbocycles. The molecule has 0 bridgehead atoms. The van der Waals surface area contributed by atoms with Gasteiger partial charge in [0, 0.05) is 16.9 Å². The molecule has 0 aliphatic rings. The van der Waals surface area contributed by atoms with Crippen molar-refractivity contribution in [3.05, 3.63) is 58.3 Å². The summed E-state index contributed by atoms with van der Waals surface area (Å²) in [5, 5.41) is 3.90. The van der Waals surface area contributed by atoms with Crippen LogP contribution in [0.3, 0.4) is 0 Å². The molecule has 0 fully saturated rings. The second kappa shape index (κ2) is 6.81. The fraction of sp³-hybridized carbons (Fsp3) is 0.0714. The lowest BCUT2D eigenvalue weighted by molar-refractivity contribution is 0.0952. The van der Waals surface area contributed by atoms with Crippen LogP contribution in [0.15, 0.2) is 52.3 Å². The molecule has 0 saturated heterocycles. The molecular weight excluding hydrogens is 322 g/mol. The molecule has 0 aliphatic carbocycles. The fourth-order valence-electron chi connectivity index (χ4n) is 1.53. The number of nitrogens with zero attached hydrogens (tertiary/aromatic N) is 2. The van der Waals surface area contributed by atoms with E-state index in [9.17, 15) is 4.79 Å². The van der Waals surface area contributed by atoms with Crippen molar-refractivity contribution in [2.75, 3.05) is 7.11 Å². The van der Waals surface area contributed by atoms with Gasteiger partial charge in [0.2, 0.25) is 0 Å². The molecular formula is C14H12BrN3O2. The van der Waals surface area contributed by atoms with E-state index in [2.05, 4.69) is 31.4 Å². The number of rotatable bonds is 4. The number of benzene rings is 1. The molecule has 0 aliphatic heterocycles. The largest absolute Gasteiger partial charge is 0.496 e. The van der Waals surface area contributed by atoms with E-state index in [1.807, 2.05) is 0 Å². The Morgan fingerprint density at radius 2 is 2.10 bits per heavy atom. The molecule has 2 aromatic rings. The zero-order chi connectivity index (χ0) is 14.4. The first-order chi connectivity index (χ1) is 9.70. The summed E-state index contributed by atoms with van der Waals surface area (Å²) in [6.45, 7) is 0. The zero-order valence-electron chi connectivity index (χ0n) is 10.7. The quantitative estimate of drug-likeness (QED) is 0.691. The lowest BCUT2D eigenvalue weighted by atomic mass is 10.2. The third-order valence-electron chi connectivity index (χ3n) is 2.49. The van der Waals surface area contributed by atoms with Crippen LogP contribution in [0, 0.1) is 0 Å². The summed E-state index contributed by atoms with van der Waals surface area (Å²) in [7, 11) is 1.51. The summed E-state index contributed by atoms with van der Waals surface area (Å²) in [4.78, 5) is 15.9. The number of pyridine rings is 1. The number of carbonyl (C=O) groups is 1. The van der Waals surface area contributed by atoms with Crippen LogP contribution in [0.4, 0.5) is 0 Å². The highest BCUT2D eigenvalue weighted by Crippen LogP contribution is 2.22. The van der Waals surface area contributed by atoms with Crippen LogP contribution in [-0.4, -0.2) is 24.2 Å². The molecule has 0 spiro atoms. The van der Waals surface area contributed by atoms with Gasteiger partial charge in [0.1, 0.15) is 5.75 Å². The summed E-state index contributed by atoms with van der Waals surface area (Å²) < 4.78 is 5.94. The monoisotopic (exact) mass is 333 g/mol. The molecule has 1 heterocycles. The van der Waals surface area contributed by atoms with Crippen molar-refractivity contribution in [3.63, 3.8) is 0 Å². The SMILES string of the molecule is COc1ccc(Br)cc1C(=O)N/N=C\c1ccncc1. The van der Waals surface area contributed by atoms with Gasteiger partial charge in [0.05, 0.1) is 18.9 Å². The minimum absolute atomic E-state index is 0.339. The van der Waals surface area contributed by atoms with Crippen molar-refractivity contribution in [1.29, 1.82) is 0 Å². The second-order valence-electron chi connectivity index (χ2n) is 3.82. The Bertz CT molecular complexity index is 630. The first kappa shape index (κ1) is 14.2. The second-order valence-corrected chi connectivity index (χ2v) is 4.74. The third kappa shape index (κ3) is 3.64. The Kier molecular flexibility index (Phi) is 4.84. The van der Waals surface area contributed by atoms with Crippen molar-refractivity contribution < 1.29 is 9.53 Å². The molecule has 0 unspecified atom stereocenters. The van der Waals surface area contributed by atoms with E-state index < -0.39 is 0 Å². The van der Waals surface area contributed by atoms with Gasteiger partial charge in [-0.3, -0.25) is 9.78 Å². The Morgan fingerprint density at radius 1 is 1.35 bits per heavy atom. The van der Waals surface area contributed by atoms with Crippen molar-refractivity contribution in [1.82, 2.24) is 10.4 Å². The molecule has 1 amide bonds. The van der Waals surface area contributed by atoms with Gasteiger partial charge in [-0.1, -0.05) is 15.9 Å². The Morgan fingerprint density at radius 3 is 2.80 bits per heavy atom. The van der Waals surface area contributed by atoms with Gasteiger partial charge in [0.15, 0.2) is 0 Å². The van der Waals surface area contributed by atoms with Crippen molar-refractivity contribution in [2.45, 2.75) is 0 Å². The molecule has 0 saturated carbocycles. The molecule has 2 rings (SSSR count). The number of nitrogens with one attached hydrogen (secondary N) is 1. The number of aromatic nitrogens is 1. The lowest BCUT2D eigenvalue weighted by Gasteiger charge is -2.07. The van der Waals surface area contributed by atoms with Crippen LogP contribution in [-0.2, 0) is 0 Å². The maximum Gasteiger partial charge on any atom is 0.275 e. The molecule has 102 valence electrons. The maximum absolute atomic E-state index is 12.0. The number of ether oxygens (including phenoxy) is 1. The van der Waals surface area contributed by atoms with Gasteiger partial charge in [-0.25, -0.2) is 5.43 Å². The Labute approximate surface area is 124 Å². The molecule has 0 radical (unpaired) electrons. The summed E-state index contributed by atoms with van der Waals surface area (Å²) in [6.07, 6.45) is 4.85. The van der Waals surface area contributed by atoms with Gasteiger partial charge in [-0.2, -0.15) is 5.10 Å². The van der Waals surface area contributed by atoms with E-state index in [-0.39, 0.29) is 5.91 Å². The zero-order valence-corrected chi connectivity index (χ0v) is 12.3. The van der Waals surface area contributed by atoms with Gasteiger partial charge in [0.25, 0.3) is 5.91 Å². The highest BCUT2D eigenvalue weighted by atomic mass is 79.9. The van der Waals surface area contributed by atoms with Crippen LogP contribution >= 0.6 is 15.9 Å². The van der Waals surface area contributed by atoms with Crippen LogP contribution < -0.4 is 10.2 Å². The Balaban J connectivity index is 2.09. The summed E-state index contributed by atoms with van der Waals surface area (Å²) in [5.74, 6) is 0.151. The van der Waals surface area contributed by atoms with E-state index in [0.29, 0.717) is 11.3 Å². The van der Waals surface area contributed by atoms with E-state index in [1.54, 1.807) is 48.9 Å². The average molecular weight is 334 g/mol. The molecule has 1 aromatic heterocycles. The van der Waals surface area contributed by atoms with Gasteiger partial charge in [-0.15, -0.1) is 0 Å². The normalized spacial score (nSPS) is 10.5. The number of hydrogen-bond acceptors (Lipinski definition) is 4. The number of amides is 1. The minimum Gasteiger partial charge on any atom is -0.496 e. The van der Waals surface area contributed by atoms with E-state index in [1.165, 1.54) is 7.11 Å². The van der Waals surface area contributed by atoms with Crippen LogP contribution in [0.2, 0.25) is 0 Å². The van der Waals surface area contributed by atoms with Crippen molar-refractivity contribution in [3.8, 4) is 5.75 Å². The number of hydrazone groups is 1. The number of hydrogen-bond donors (Lipinski definition) is 1. The average Bonchev–Trinajstić information content (AvgIpc) is 2.48. The topological polar surface area (TPSA) is 63.6 Å². The van der Waals surface area contributed by atoms with Crippen molar-refractivity contribution >= 4 is 28.1 Å². The number of carbonyl (C=O) groups excluding carboxylic acids is 1. The number of halogens is 1. The van der Waals surface area contributed by atoms with E-state index >= 15 is 0 Å². The van der Waals surface area contributed by atoms with E-state index in [4.69, 9.17) is 4.74 Å². The Hall–Kier alpha value is -2.21. The van der Waals surface area contributed by atoms with Crippen LogP contribution in [0.1, 0.15) is 15.9 Å². The maximum atomic E-state index is 12.0. The van der Waals surface area contributed by atoms with Crippen LogP contribution in [0.25, 0.3) is 0 Å². The highest BCUT2D eigenvalue weighted by Gasteiger charge is 2.11. The standard InChI is InChI=1S/C14H12BrN3O2/c1-20-13-3-2-11(15)8-12(13)14(19)18-17-9-10-4-6-16-7-5-10/h2-9H,1H3,(H,18,19)/b17-9-. The lowest BCUT2D eigenvalue weighted by Crippen LogP contribution is -2.18. The third-order valence-corrected chi connectivity index (χ3v) is 2.99. The number of methoxy groups -OCH3 is 1. The van der Waals surface area contributed by atoms with Crippen molar-refractivity contribution in [2.24, 2.45) is 5.10 Å². The molecule has 5 nitrogen and oxygen atoms in total. The summed E-state index contributed by atoms with van der Waals surface area (Å²) in [5.41, 5.74) is 3.72. The molecule has 20 heavy (non-hydrogen) atoms. The van der Waals surface area contributed by atoms with Gasteiger partial charge < -0.3 is 4.74 Å². The fourth-order valence-corrected chi connectivity index (χ4v) is 1.89. The summed E-state index contributed by atoms with van der Waals surface area (Å²) in [6, 6.07) is 8.77. The smallest absolute Gasteiger partial charge is 0.275 e. The minimum atomic E-state index is -0.339. The van der Waals surface area contributed by atoms with Gasteiger partial charge in [-0.05, 0) is 35.9 Å². The van der Waals surface area contributed by atoms with Gasteiger partial charge >= 0.3 is 0 Å². The van der Waals surface area contributed by atoms with E-state index in [0.717, 1.165) is 10.0 Å². The molecule has 1 N–H and O–H groups in total. The highest BCUT2D eigenvalue weighted by molar-refractivity contribution is 9.10. The summed E-state index contributed by atoms with van der Waals surface area (Å²) >= 11 is 3.32. The first-order valence-corrected chi connectivity index (χ1v) is 6.57. The molecule has 0 atom stereocenters. The first-order valence-electron chi connectivity index (χ1n) is 5.77. The van der Waals surface area contributed by atoms with Crippen LogP contribution in [0.5, 0.6) is 5.75 Å². The molecule has 6 heteroatoms.